The molecule has 2 aromatic rings. The van der Waals surface area contributed by atoms with Crippen molar-refractivity contribution in [2.75, 3.05) is 5.32 Å². The number of nitrogens with zero attached hydrogens (tertiary/aromatic N) is 2. The van der Waals surface area contributed by atoms with Gasteiger partial charge in [-0.2, -0.15) is 0 Å². The molecule has 1 N–H and O–H groups in total. The van der Waals surface area contributed by atoms with Crippen LogP contribution in [0.4, 0.5) is 15.9 Å². The fourth-order valence-corrected chi connectivity index (χ4v) is 1.64. The van der Waals surface area contributed by atoms with Crippen LogP contribution < -0.4 is 10.8 Å². The van der Waals surface area contributed by atoms with Crippen LogP contribution in [0.15, 0.2) is 24.3 Å². The van der Waals surface area contributed by atoms with Gasteiger partial charge in [0.2, 0.25) is 5.28 Å². The van der Waals surface area contributed by atoms with E-state index in [0.29, 0.717) is 17.0 Å². The van der Waals surface area contributed by atoms with E-state index in [2.05, 4.69) is 15.3 Å². The number of hydrogen-bond donors (Lipinski definition) is 1. The summed E-state index contributed by atoms with van der Waals surface area (Å²) in [4.78, 5) is 7.83. The van der Waals surface area contributed by atoms with E-state index < -0.39 is 0 Å². The summed E-state index contributed by atoms with van der Waals surface area (Å²) in [6.07, 6.45) is 0. The van der Waals surface area contributed by atoms with Crippen molar-refractivity contribution in [2.24, 2.45) is 0 Å². The number of rotatable bonds is 2. The molecule has 0 aliphatic heterocycles. The van der Waals surface area contributed by atoms with E-state index in [-0.39, 0.29) is 16.3 Å². The molecule has 0 aliphatic carbocycles. The van der Waals surface area contributed by atoms with Crippen LogP contribution in [-0.4, -0.2) is 17.8 Å². The Labute approximate surface area is 108 Å². The normalized spacial score (nSPS) is 10.3. The average Bonchev–Trinajstić information content (AvgIpc) is 2.28. The summed E-state index contributed by atoms with van der Waals surface area (Å²) in [5, 5.41) is 3.34. The van der Waals surface area contributed by atoms with Gasteiger partial charge in [0.05, 0.1) is 0 Å². The quantitative estimate of drug-likeness (QED) is 0.514. The average molecular weight is 270 g/mol. The molecule has 7 heteroatoms. The van der Waals surface area contributed by atoms with Crippen LogP contribution in [0.2, 0.25) is 10.4 Å². The highest BCUT2D eigenvalue weighted by atomic mass is 35.5. The summed E-state index contributed by atoms with van der Waals surface area (Å²) in [5.41, 5.74) is 1.38. The molecule has 0 aliphatic rings. The summed E-state index contributed by atoms with van der Waals surface area (Å²) >= 11 is 11.6. The van der Waals surface area contributed by atoms with Crippen molar-refractivity contribution in [3.8, 4) is 0 Å². The second-order valence-corrected chi connectivity index (χ2v) is 4.09. The summed E-state index contributed by atoms with van der Waals surface area (Å²) in [6, 6.07) is 5.89. The Morgan fingerprint density at radius 2 is 1.76 bits per heavy atom. The zero-order valence-electron chi connectivity index (χ0n) is 8.84. The van der Waals surface area contributed by atoms with Crippen molar-refractivity contribution in [1.29, 1.82) is 0 Å². The zero-order valence-corrected chi connectivity index (χ0v) is 10.3. The van der Waals surface area contributed by atoms with Crippen molar-refractivity contribution in [1.82, 2.24) is 9.97 Å². The van der Waals surface area contributed by atoms with Crippen LogP contribution in [0.5, 0.6) is 0 Å². The Hall–Kier alpha value is -1.33. The Balaban J connectivity index is 2.32. The maximum absolute atomic E-state index is 12.7. The smallest absolute Gasteiger partial charge is 0.225 e. The van der Waals surface area contributed by atoms with Crippen LogP contribution in [0.3, 0.4) is 0 Å². The topological polar surface area (TPSA) is 37.8 Å². The molecule has 0 radical (unpaired) electrons. The number of halogens is 3. The minimum atomic E-state index is -0.300. The molecule has 0 spiro atoms. The summed E-state index contributed by atoms with van der Waals surface area (Å²) in [6.45, 7) is 0. The van der Waals surface area contributed by atoms with Gasteiger partial charge in [-0.1, -0.05) is 11.6 Å². The molecule has 3 nitrogen and oxygen atoms in total. The van der Waals surface area contributed by atoms with Crippen molar-refractivity contribution in [3.63, 3.8) is 0 Å². The van der Waals surface area contributed by atoms with Gasteiger partial charge in [-0.25, -0.2) is 14.4 Å². The van der Waals surface area contributed by atoms with E-state index in [9.17, 15) is 4.39 Å². The van der Waals surface area contributed by atoms with Gasteiger partial charge in [-0.05, 0) is 41.3 Å². The highest BCUT2D eigenvalue weighted by molar-refractivity contribution is 6.46. The Morgan fingerprint density at radius 3 is 2.41 bits per heavy atom. The molecule has 0 bridgehead atoms. The number of anilines is 2. The molecular formula is C10H7BCl2FN3. The SMILES string of the molecule is Bc1c(Cl)nc(Cl)nc1Nc1ccc(F)cc1. The number of aromatic nitrogens is 2. The summed E-state index contributed by atoms with van der Waals surface area (Å²) in [5.74, 6) is 0.202. The first-order valence-electron chi connectivity index (χ1n) is 4.78. The van der Waals surface area contributed by atoms with Crippen LogP contribution >= 0.6 is 23.2 Å². The zero-order chi connectivity index (χ0) is 12.4. The predicted octanol–water partition coefficient (Wildman–Crippen LogP) is 1.92. The first-order valence-corrected chi connectivity index (χ1v) is 5.54. The highest BCUT2D eigenvalue weighted by Gasteiger charge is 2.08. The van der Waals surface area contributed by atoms with E-state index in [1.54, 1.807) is 20.0 Å². The lowest BCUT2D eigenvalue weighted by Gasteiger charge is -2.09. The first-order chi connectivity index (χ1) is 8.06. The Kier molecular flexibility index (Phi) is 3.50. The standard InChI is InChI=1S/C10H7BCl2FN3/c11-7-8(12)16-10(13)17-9(7)15-6-3-1-5(14)2-4-6/h1-4H,11H2,(H,15,16,17). The molecule has 1 aromatic carbocycles. The molecule has 0 fully saturated rings. The van der Waals surface area contributed by atoms with Crippen LogP contribution in [0.1, 0.15) is 0 Å². The molecule has 2 rings (SSSR count). The van der Waals surface area contributed by atoms with E-state index in [0.717, 1.165) is 0 Å². The van der Waals surface area contributed by atoms with Crippen LogP contribution in [0.25, 0.3) is 0 Å². The maximum atomic E-state index is 12.7. The van der Waals surface area contributed by atoms with Crippen LogP contribution in [0, 0.1) is 5.82 Å². The van der Waals surface area contributed by atoms with Crippen molar-refractivity contribution < 1.29 is 4.39 Å². The minimum Gasteiger partial charge on any atom is -0.341 e. The number of hydrogen-bond acceptors (Lipinski definition) is 3. The number of nitrogens with one attached hydrogen (secondary N) is 1. The molecule has 86 valence electrons. The lowest BCUT2D eigenvalue weighted by atomic mass is 9.99. The minimum absolute atomic E-state index is 0.0604. The molecule has 0 atom stereocenters. The van der Waals surface area contributed by atoms with Gasteiger partial charge in [0, 0.05) is 5.69 Å². The molecule has 0 unspecified atom stereocenters. The van der Waals surface area contributed by atoms with Crippen molar-refractivity contribution >= 4 is 48.0 Å². The molecule has 1 heterocycles. The third-order valence-corrected chi connectivity index (χ3v) is 2.70. The Morgan fingerprint density at radius 1 is 1.12 bits per heavy atom. The van der Waals surface area contributed by atoms with Crippen LogP contribution in [-0.2, 0) is 0 Å². The first kappa shape index (κ1) is 12.1. The third kappa shape index (κ3) is 2.87. The maximum Gasteiger partial charge on any atom is 0.225 e. The van der Waals surface area contributed by atoms with Gasteiger partial charge in [-0.3, -0.25) is 0 Å². The second-order valence-electron chi connectivity index (χ2n) is 3.39. The van der Waals surface area contributed by atoms with Crippen molar-refractivity contribution in [2.45, 2.75) is 0 Å². The van der Waals surface area contributed by atoms with Gasteiger partial charge in [-0.15, -0.1) is 0 Å². The second kappa shape index (κ2) is 4.90. The van der Waals surface area contributed by atoms with Gasteiger partial charge in [0.1, 0.15) is 24.6 Å². The molecule has 17 heavy (non-hydrogen) atoms. The molecule has 0 amide bonds. The predicted molar refractivity (Wildman–Crippen MR) is 69.9 cm³/mol. The Bertz CT molecular complexity index is 548. The van der Waals surface area contributed by atoms with E-state index in [1.165, 1.54) is 12.1 Å². The monoisotopic (exact) mass is 269 g/mol. The van der Waals surface area contributed by atoms with Crippen molar-refractivity contribution in [3.05, 3.63) is 40.5 Å². The molecule has 0 saturated heterocycles. The van der Waals surface area contributed by atoms with E-state index in [1.807, 2.05) is 0 Å². The third-order valence-electron chi connectivity index (χ3n) is 2.17. The van der Waals surface area contributed by atoms with Gasteiger partial charge >= 0.3 is 0 Å². The highest BCUT2D eigenvalue weighted by Crippen LogP contribution is 2.16. The summed E-state index contributed by atoms with van der Waals surface area (Å²) < 4.78 is 12.7. The molecule has 0 saturated carbocycles. The fraction of sp³-hybridized carbons (Fsp3) is 0. The lowest BCUT2D eigenvalue weighted by molar-refractivity contribution is 0.628. The van der Waals surface area contributed by atoms with Gasteiger partial charge in [0.25, 0.3) is 0 Å². The van der Waals surface area contributed by atoms with E-state index >= 15 is 0 Å². The summed E-state index contributed by atoms with van der Waals surface area (Å²) in [7, 11) is 1.77. The largest absolute Gasteiger partial charge is 0.341 e. The lowest BCUT2D eigenvalue weighted by Crippen LogP contribution is -2.15. The fourth-order valence-electron chi connectivity index (χ4n) is 1.26. The van der Waals surface area contributed by atoms with Gasteiger partial charge < -0.3 is 5.32 Å². The van der Waals surface area contributed by atoms with Gasteiger partial charge in [0.15, 0.2) is 0 Å². The molecular weight excluding hydrogens is 263 g/mol. The van der Waals surface area contributed by atoms with E-state index in [4.69, 9.17) is 23.2 Å². The number of benzene rings is 1. The molecule has 1 aromatic heterocycles.